The van der Waals surface area contributed by atoms with Crippen LogP contribution in [0, 0.1) is 3.57 Å². The van der Waals surface area contributed by atoms with Crippen molar-refractivity contribution in [2.45, 2.75) is 25.4 Å². The Morgan fingerprint density at radius 1 is 1.07 bits per heavy atom. The van der Waals surface area contributed by atoms with Gasteiger partial charge in [-0.25, -0.2) is 14.8 Å². The maximum absolute atomic E-state index is 12.9. The van der Waals surface area contributed by atoms with Gasteiger partial charge in [0, 0.05) is 54.8 Å². The molecule has 5 aromatic rings. The largest absolute Gasteiger partial charge is 0.497 e. The van der Waals surface area contributed by atoms with Crippen molar-refractivity contribution in [3.8, 4) is 22.8 Å². The molecule has 4 heterocycles. The van der Waals surface area contributed by atoms with Crippen molar-refractivity contribution >= 4 is 57.1 Å². The third-order valence-corrected chi connectivity index (χ3v) is 8.75. The van der Waals surface area contributed by atoms with Crippen LogP contribution in [0.5, 0.6) is 11.5 Å². The lowest BCUT2D eigenvalue weighted by molar-refractivity contribution is 0.102. The fourth-order valence-electron chi connectivity index (χ4n) is 5.64. The van der Waals surface area contributed by atoms with Gasteiger partial charge in [-0.3, -0.25) is 9.48 Å². The molecule has 3 aromatic heterocycles. The number of anilines is 2. The maximum atomic E-state index is 12.9. The van der Waals surface area contributed by atoms with E-state index < -0.39 is 6.09 Å². The number of ether oxygens (including phenoxy) is 2. The summed E-state index contributed by atoms with van der Waals surface area (Å²) in [5.41, 5.74) is 3.72. The predicted octanol–water partition coefficient (Wildman–Crippen LogP) is 6.29. The second kappa shape index (κ2) is 13.6. The second-order valence-corrected chi connectivity index (χ2v) is 11.9. The van der Waals surface area contributed by atoms with E-state index in [0.29, 0.717) is 54.0 Å². The smallest absolute Gasteiger partial charge is 0.407 e. The first kappa shape index (κ1) is 31.1. The highest BCUT2D eigenvalue weighted by atomic mass is 127. The lowest BCUT2D eigenvalue weighted by Crippen LogP contribution is -2.40. The number of benzene rings is 2. The molecule has 0 saturated carbocycles. The van der Waals surface area contributed by atoms with E-state index in [-0.39, 0.29) is 11.9 Å². The standard InChI is InChI=1S/C33H32IN7O5/c1-45-24-13-12-22(26(16-24)46-2)17-36-31-28-29(20-8-10-21(11-9-20)32(42)38-27-7-3-4-14-35-27)39-41(30(28)25(34)18-37-31)23-6-5-15-40(19-23)33(43)44/h3-4,7-14,16,18,23H,5-6,15,17,19H2,1-2H3,(H,36,37)(H,43,44)(H,35,38,42). The van der Waals surface area contributed by atoms with Crippen LogP contribution in [0.15, 0.2) is 73.1 Å². The average Bonchev–Trinajstić information content (AvgIpc) is 3.50. The number of nitrogens with zero attached hydrogens (tertiary/aromatic N) is 5. The van der Waals surface area contributed by atoms with Crippen LogP contribution in [0.3, 0.4) is 0 Å². The molecule has 1 unspecified atom stereocenters. The van der Waals surface area contributed by atoms with Gasteiger partial charge in [0.1, 0.15) is 28.8 Å². The first-order valence-electron chi connectivity index (χ1n) is 14.7. The van der Waals surface area contributed by atoms with E-state index in [1.54, 1.807) is 56.9 Å². The fourth-order valence-corrected chi connectivity index (χ4v) is 6.30. The van der Waals surface area contributed by atoms with Gasteiger partial charge in [-0.2, -0.15) is 5.10 Å². The maximum Gasteiger partial charge on any atom is 0.407 e. The van der Waals surface area contributed by atoms with Gasteiger partial charge in [0.05, 0.1) is 34.7 Å². The number of amides is 2. The number of aromatic nitrogens is 4. The summed E-state index contributed by atoms with van der Waals surface area (Å²) in [5.74, 6) is 2.19. The molecule has 0 radical (unpaired) electrons. The molecule has 236 valence electrons. The Kier molecular flexibility index (Phi) is 9.19. The molecule has 6 rings (SSSR count). The predicted molar refractivity (Wildman–Crippen MR) is 183 cm³/mol. The summed E-state index contributed by atoms with van der Waals surface area (Å²) >= 11 is 2.26. The number of hydrogen-bond donors (Lipinski definition) is 3. The normalized spacial score (nSPS) is 14.6. The molecule has 1 aliphatic rings. The molecule has 1 aliphatic heterocycles. The van der Waals surface area contributed by atoms with Crippen LogP contribution < -0.4 is 20.1 Å². The molecule has 1 atom stereocenters. The molecule has 0 spiro atoms. The Morgan fingerprint density at radius 3 is 2.61 bits per heavy atom. The Morgan fingerprint density at radius 2 is 1.89 bits per heavy atom. The monoisotopic (exact) mass is 733 g/mol. The topological polar surface area (TPSA) is 144 Å². The number of pyridine rings is 2. The van der Waals surface area contributed by atoms with Gasteiger partial charge < -0.3 is 30.1 Å². The van der Waals surface area contributed by atoms with E-state index >= 15 is 0 Å². The molecular formula is C33H32IN7O5. The molecule has 13 heteroatoms. The molecule has 2 aromatic carbocycles. The van der Waals surface area contributed by atoms with Gasteiger partial charge in [0.15, 0.2) is 0 Å². The molecule has 1 saturated heterocycles. The number of hydrogen-bond acceptors (Lipinski definition) is 8. The lowest BCUT2D eigenvalue weighted by atomic mass is 10.0. The van der Waals surface area contributed by atoms with Gasteiger partial charge in [-0.1, -0.05) is 18.2 Å². The van der Waals surface area contributed by atoms with Crippen molar-refractivity contribution in [1.29, 1.82) is 0 Å². The number of piperidine rings is 1. The minimum Gasteiger partial charge on any atom is -0.497 e. The number of rotatable bonds is 9. The van der Waals surface area contributed by atoms with Gasteiger partial charge in [-0.05, 0) is 71.8 Å². The van der Waals surface area contributed by atoms with E-state index in [9.17, 15) is 14.7 Å². The SMILES string of the molecule is COc1ccc(CNc2ncc(I)c3c2c(-c2ccc(C(=O)Nc4ccccn4)cc2)nn3C2CCCN(C(=O)O)C2)c(OC)c1. The lowest BCUT2D eigenvalue weighted by Gasteiger charge is -2.31. The summed E-state index contributed by atoms with van der Waals surface area (Å²) in [5, 5.41) is 22.0. The molecule has 1 fully saturated rings. The van der Waals surface area contributed by atoms with Crippen LogP contribution >= 0.6 is 22.6 Å². The number of fused-ring (bicyclic) bond motifs is 1. The number of nitrogens with one attached hydrogen (secondary N) is 2. The van der Waals surface area contributed by atoms with Crippen LogP contribution in [0.1, 0.15) is 34.8 Å². The zero-order valence-corrected chi connectivity index (χ0v) is 27.4. The van der Waals surface area contributed by atoms with Crippen molar-refractivity contribution in [1.82, 2.24) is 24.6 Å². The molecule has 12 nitrogen and oxygen atoms in total. The van der Waals surface area contributed by atoms with E-state index in [1.807, 2.05) is 35.0 Å². The molecule has 0 bridgehead atoms. The second-order valence-electron chi connectivity index (χ2n) is 10.8. The highest BCUT2D eigenvalue weighted by Crippen LogP contribution is 2.38. The number of carboxylic acid groups (broad SMARTS) is 1. The molecule has 0 aliphatic carbocycles. The molecular weight excluding hydrogens is 701 g/mol. The number of halogens is 1. The zero-order valence-electron chi connectivity index (χ0n) is 25.2. The first-order valence-corrected chi connectivity index (χ1v) is 15.8. The van der Waals surface area contributed by atoms with Crippen LogP contribution in [0.25, 0.3) is 22.2 Å². The average molecular weight is 734 g/mol. The van der Waals surface area contributed by atoms with Gasteiger partial charge in [0.2, 0.25) is 0 Å². The third-order valence-electron chi connectivity index (χ3n) is 7.96. The number of likely N-dealkylation sites (tertiary alicyclic amines) is 1. The van der Waals surface area contributed by atoms with Gasteiger partial charge in [0.25, 0.3) is 5.91 Å². The van der Waals surface area contributed by atoms with Crippen molar-refractivity contribution in [3.63, 3.8) is 0 Å². The Bertz CT molecular complexity index is 1880. The number of carbonyl (C=O) groups excluding carboxylic acids is 1. The van der Waals surface area contributed by atoms with Crippen molar-refractivity contribution in [2.75, 3.05) is 37.9 Å². The minimum absolute atomic E-state index is 0.157. The first-order chi connectivity index (χ1) is 22.4. The summed E-state index contributed by atoms with van der Waals surface area (Å²) in [6, 6.07) is 18.0. The van der Waals surface area contributed by atoms with E-state index in [4.69, 9.17) is 19.6 Å². The van der Waals surface area contributed by atoms with Crippen LogP contribution in [0.4, 0.5) is 16.4 Å². The van der Waals surface area contributed by atoms with Gasteiger partial charge >= 0.3 is 6.09 Å². The summed E-state index contributed by atoms with van der Waals surface area (Å²) in [7, 11) is 3.23. The van der Waals surface area contributed by atoms with E-state index in [1.165, 1.54) is 4.90 Å². The van der Waals surface area contributed by atoms with Crippen LogP contribution in [-0.2, 0) is 6.54 Å². The Hall–Kier alpha value is -4.92. The highest BCUT2D eigenvalue weighted by molar-refractivity contribution is 14.1. The quantitative estimate of drug-likeness (QED) is 0.149. The molecule has 46 heavy (non-hydrogen) atoms. The summed E-state index contributed by atoms with van der Waals surface area (Å²) < 4.78 is 13.8. The van der Waals surface area contributed by atoms with Gasteiger partial charge in [-0.15, -0.1) is 0 Å². The summed E-state index contributed by atoms with van der Waals surface area (Å²) in [4.78, 5) is 35.2. The number of methoxy groups -OCH3 is 2. The molecule has 3 N–H and O–H groups in total. The fraction of sp³-hybridized carbons (Fsp3) is 0.242. The Labute approximate surface area is 278 Å². The zero-order chi connectivity index (χ0) is 32.2. The molecule has 2 amide bonds. The minimum atomic E-state index is -0.937. The van der Waals surface area contributed by atoms with E-state index in [0.717, 1.165) is 38.4 Å². The summed E-state index contributed by atoms with van der Waals surface area (Å²) in [6.45, 7) is 1.25. The van der Waals surface area contributed by atoms with Crippen LogP contribution in [0.2, 0.25) is 0 Å². The third kappa shape index (κ3) is 6.40. The number of carbonyl (C=O) groups is 2. The van der Waals surface area contributed by atoms with E-state index in [2.05, 4.69) is 38.2 Å². The summed E-state index contributed by atoms with van der Waals surface area (Å²) in [6.07, 6.45) is 4.00. The van der Waals surface area contributed by atoms with Crippen molar-refractivity contribution < 1.29 is 24.2 Å². The Balaban J connectivity index is 1.40. The van der Waals surface area contributed by atoms with Crippen molar-refractivity contribution in [3.05, 3.63) is 87.8 Å². The highest BCUT2D eigenvalue weighted by Gasteiger charge is 2.29. The van der Waals surface area contributed by atoms with Crippen molar-refractivity contribution in [2.24, 2.45) is 0 Å². The van der Waals surface area contributed by atoms with Crippen LogP contribution in [-0.4, -0.2) is 69.1 Å².